The van der Waals surface area contributed by atoms with Crippen LogP contribution in [0.4, 0.5) is 4.39 Å². The maximum atomic E-state index is 12.3. The van der Waals surface area contributed by atoms with Gasteiger partial charge in [0.15, 0.2) is 0 Å². The lowest BCUT2D eigenvalue weighted by molar-refractivity contribution is 0.400. The van der Waals surface area contributed by atoms with Crippen LogP contribution in [-0.4, -0.2) is 13.7 Å². The van der Waals surface area contributed by atoms with Crippen molar-refractivity contribution in [3.8, 4) is 0 Å². The minimum Gasteiger partial charge on any atom is -0.311 e. The molecule has 0 saturated heterocycles. The van der Waals surface area contributed by atoms with Crippen LogP contribution in [0.3, 0.4) is 0 Å². The number of nitrogens with one attached hydrogen (secondary N) is 1. The van der Waals surface area contributed by atoms with E-state index >= 15 is 0 Å². The van der Waals surface area contributed by atoms with Gasteiger partial charge in [-0.3, -0.25) is 0 Å². The molecule has 3 heteroatoms. The Labute approximate surface area is 78.4 Å². The molecule has 0 aliphatic rings. The predicted molar refractivity (Wildman–Crippen MR) is 51.5 cm³/mol. The molecule has 0 saturated carbocycles. The van der Waals surface area contributed by atoms with Crippen molar-refractivity contribution < 1.29 is 4.39 Å². The molecule has 0 aliphatic carbocycles. The van der Waals surface area contributed by atoms with E-state index in [9.17, 15) is 4.39 Å². The van der Waals surface area contributed by atoms with E-state index in [1.54, 1.807) is 7.05 Å². The van der Waals surface area contributed by atoms with Crippen molar-refractivity contribution in [2.75, 3.05) is 13.7 Å². The first-order valence-corrected chi connectivity index (χ1v) is 3.66. The molecule has 0 amide bonds. The highest BCUT2D eigenvalue weighted by Crippen LogP contribution is 2.11. The van der Waals surface area contributed by atoms with E-state index in [-0.39, 0.29) is 25.1 Å². The van der Waals surface area contributed by atoms with E-state index in [0.717, 1.165) is 5.56 Å². The zero-order valence-electron chi connectivity index (χ0n) is 6.96. The molecular formula is C9H13ClFN. The highest BCUT2D eigenvalue weighted by atomic mass is 35.5. The van der Waals surface area contributed by atoms with Gasteiger partial charge in [0, 0.05) is 0 Å². The molecule has 0 aromatic heterocycles. The molecule has 1 nitrogen and oxygen atoms in total. The summed E-state index contributed by atoms with van der Waals surface area (Å²) in [7, 11) is 1.76. The summed E-state index contributed by atoms with van der Waals surface area (Å²) in [6, 6.07) is 9.43. The second-order valence-electron chi connectivity index (χ2n) is 2.41. The zero-order chi connectivity index (χ0) is 8.10. The van der Waals surface area contributed by atoms with Crippen molar-refractivity contribution in [2.45, 2.75) is 6.04 Å². The molecule has 12 heavy (non-hydrogen) atoms. The molecule has 1 aromatic carbocycles. The number of hydrogen-bond donors (Lipinski definition) is 1. The van der Waals surface area contributed by atoms with Crippen molar-refractivity contribution >= 4 is 12.4 Å². The fourth-order valence-corrected chi connectivity index (χ4v) is 1.02. The van der Waals surface area contributed by atoms with Gasteiger partial charge in [-0.25, -0.2) is 4.39 Å². The van der Waals surface area contributed by atoms with Crippen LogP contribution in [0, 0.1) is 0 Å². The monoisotopic (exact) mass is 189 g/mol. The van der Waals surface area contributed by atoms with E-state index in [0.29, 0.717) is 0 Å². The fraction of sp³-hybridized carbons (Fsp3) is 0.333. The summed E-state index contributed by atoms with van der Waals surface area (Å²) >= 11 is 0. The van der Waals surface area contributed by atoms with Crippen molar-refractivity contribution in [1.82, 2.24) is 5.32 Å². The maximum Gasteiger partial charge on any atom is 0.109 e. The summed E-state index contributed by atoms with van der Waals surface area (Å²) in [5.74, 6) is 0. The molecule has 1 atom stereocenters. The van der Waals surface area contributed by atoms with Gasteiger partial charge >= 0.3 is 0 Å². The number of halogens is 2. The molecule has 1 N–H and O–H groups in total. The Bertz CT molecular complexity index is 199. The van der Waals surface area contributed by atoms with Gasteiger partial charge in [-0.15, -0.1) is 12.4 Å². The number of alkyl halides is 1. The molecule has 1 aromatic rings. The lowest BCUT2D eigenvalue weighted by Crippen LogP contribution is -2.17. The topological polar surface area (TPSA) is 12.0 Å². The molecule has 1 rings (SSSR count). The van der Waals surface area contributed by atoms with Crippen LogP contribution in [0.15, 0.2) is 30.3 Å². The second kappa shape index (κ2) is 5.98. The second-order valence-corrected chi connectivity index (χ2v) is 2.41. The highest BCUT2D eigenvalue weighted by molar-refractivity contribution is 5.85. The van der Waals surface area contributed by atoms with Gasteiger partial charge < -0.3 is 5.32 Å². The minimum atomic E-state index is -0.361. The first-order valence-electron chi connectivity index (χ1n) is 3.66. The average Bonchev–Trinajstić information content (AvgIpc) is 2.09. The van der Waals surface area contributed by atoms with Gasteiger partial charge in [-0.05, 0) is 12.6 Å². The van der Waals surface area contributed by atoms with E-state index in [1.165, 1.54) is 0 Å². The van der Waals surface area contributed by atoms with Crippen molar-refractivity contribution in [3.63, 3.8) is 0 Å². The molecule has 0 fully saturated rings. The quantitative estimate of drug-likeness (QED) is 0.770. The van der Waals surface area contributed by atoms with Gasteiger partial charge in [0.05, 0.1) is 6.04 Å². The van der Waals surface area contributed by atoms with Crippen LogP contribution in [0.5, 0.6) is 0 Å². The maximum absolute atomic E-state index is 12.3. The third-order valence-electron chi connectivity index (χ3n) is 1.70. The first kappa shape index (κ1) is 11.4. The smallest absolute Gasteiger partial charge is 0.109 e. The Morgan fingerprint density at radius 2 is 1.92 bits per heavy atom. The van der Waals surface area contributed by atoms with Gasteiger partial charge in [-0.2, -0.15) is 0 Å². The summed E-state index contributed by atoms with van der Waals surface area (Å²) in [6.07, 6.45) is 0. The highest BCUT2D eigenvalue weighted by Gasteiger charge is 2.05. The molecule has 68 valence electrons. The first-order chi connectivity index (χ1) is 5.38. The number of hydrogen-bond acceptors (Lipinski definition) is 1. The SMILES string of the molecule is CN[C@@H](CF)c1ccccc1.Cl. The Balaban J connectivity index is 0.00000121. The third kappa shape index (κ3) is 2.80. The normalized spacial score (nSPS) is 11.8. The van der Waals surface area contributed by atoms with Crippen molar-refractivity contribution in [1.29, 1.82) is 0 Å². The van der Waals surface area contributed by atoms with E-state index in [1.807, 2.05) is 30.3 Å². The Hall–Kier alpha value is -0.600. The van der Waals surface area contributed by atoms with Crippen LogP contribution >= 0.6 is 12.4 Å². The number of rotatable bonds is 3. The van der Waals surface area contributed by atoms with Crippen LogP contribution in [-0.2, 0) is 0 Å². The molecule has 0 spiro atoms. The summed E-state index contributed by atoms with van der Waals surface area (Å²) in [5.41, 5.74) is 0.998. The third-order valence-corrected chi connectivity index (χ3v) is 1.70. The van der Waals surface area contributed by atoms with Crippen LogP contribution < -0.4 is 5.32 Å². The van der Waals surface area contributed by atoms with Gasteiger partial charge in [0.2, 0.25) is 0 Å². The van der Waals surface area contributed by atoms with Gasteiger partial charge in [-0.1, -0.05) is 30.3 Å². The van der Waals surface area contributed by atoms with Crippen molar-refractivity contribution in [3.05, 3.63) is 35.9 Å². The van der Waals surface area contributed by atoms with E-state index in [4.69, 9.17) is 0 Å². The summed E-state index contributed by atoms with van der Waals surface area (Å²) in [6.45, 7) is -0.361. The van der Waals surface area contributed by atoms with Crippen molar-refractivity contribution in [2.24, 2.45) is 0 Å². The Kier molecular flexibility index (Phi) is 5.68. The lowest BCUT2D eigenvalue weighted by Gasteiger charge is -2.11. The molecule has 0 heterocycles. The van der Waals surface area contributed by atoms with E-state index < -0.39 is 0 Å². The molecule has 0 bridgehead atoms. The Morgan fingerprint density at radius 1 is 1.33 bits per heavy atom. The summed E-state index contributed by atoms with van der Waals surface area (Å²) < 4.78 is 12.3. The predicted octanol–water partition coefficient (Wildman–Crippen LogP) is 2.34. The summed E-state index contributed by atoms with van der Waals surface area (Å²) in [4.78, 5) is 0. The Morgan fingerprint density at radius 3 is 2.33 bits per heavy atom. The molecule has 0 radical (unpaired) electrons. The molecule has 0 unspecified atom stereocenters. The largest absolute Gasteiger partial charge is 0.311 e. The molecular weight excluding hydrogens is 177 g/mol. The minimum absolute atomic E-state index is 0. The van der Waals surface area contributed by atoms with E-state index in [2.05, 4.69) is 5.32 Å². The van der Waals surface area contributed by atoms with Crippen LogP contribution in [0.25, 0.3) is 0 Å². The van der Waals surface area contributed by atoms with Gasteiger partial charge in [0.1, 0.15) is 6.67 Å². The zero-order valence-corrected chi connectivity index (χ0v) is 7.77. The van der Waals surface area contributed by atoms with Crippen LogP contribution in [0.1, 0.15) is 11.6 Å². The van der Waals surface area contributed by atoms with Gasteiger partial charge in [0.25, 0.3) is 0 Å². The molecule has 0 aliphatic heterocycles. The lowest BCUT2D eigenvalue weighted by atomic mass is 10.1. The standard InChI is InChI=1S/C9H12FN.ClH/c1-11-9(7-10)8-5-3-2-4-6-8;/h2-6,9,11H,7H2,1H3;1H/t9-;/m0./s1. The fourth-order valence-electron chi connectivity index (χ4n) is 1.02. The average molecular weight is 190 g/mol. The number of benzene rings is 1. The summed E-state index contributed by atoms with van der Waals surface area (Å²) in [5, 5.41) is 2.89. The van der Waals surface area contributed by atoms with Crippen LogP contribution in [0.2, 0.25) is 0 Å².